The molecule has 0 aromatic heterocycles. The lowest BCUT2D eigenvalue weighted by atomic mass is 9.79. The first kappa shape index (κ1) is 17.3. The Morgan fingerprint density at radius 3 is 2.33 bits per heavy atom. The lowest BCUT2D eigenvalue weighted by Gasteiger charge is -2.35. The van der Waals surface area contributed by atoms with E-state index in [0.29, 0.717) is 17.9 Å². The molecule has 2 fully saturated rings. The van der Waals surface area contributed by atoms with Crippen LogP contribution in [-0.4, -0.2) is 28.7 Å². The number of rotatable bonds is 7. The van der Waals surface area contributed by atoms with Crippen molar-refractivity contribution in [1.29, 1.82) is 0 Å². The molecule has 0 saturated heterocycles. The van der Waals surface area contributed by atoms with Crippen molar-refractivity contribution in [3.05, 3.63) is 0 Å². The maximum atomic E-state index is 12.9. The number of nitrogens with zero attached hydrogens (tertiary/aromatic N) is 1. The summed E-state index contributed by atoms with van der Waals surface area (Å²) < 4.78 is 0. The third kappa shape index (κ3) is 4.97. The molecule has 2 aliphatic carbocycles. The van der Waals surface area contributed by atoms with Gasteiger partial charge in [-0.3, -0.25) is 4.79 Å². The minimum atomic E-state index is 0.322. The molecule has 2 rings (SSSR count). The SMILES string of the molecule is CCCCC1CCC(C(=O)N(CCBr)C2CCCC2)CC1. The summed E-state index contributed by atoms with van der Waals surface area (Å²) in [7, 11) is 0. The molecule has 0 spiro atoms. The van der Waals surface area contributed by atoms with Gasteiger partial charge in [0.15, 0.2) is 0 Å². The van der Waals surface area contributed by atoms with Crippen LogP contribution in [0.3, 0.4) is 0 Å². The second kappa shape index (κ2) is 9.17. The molecule has 0 heterocycles. The van der Waals surface area contributed by atoms with E-state index in [1.165, 1.54) is 57.8 Å². The van der Waals surface area contributed by atoms with Gasteiger partial charge in [-0.1, -0.05) is 55.0 Å². The van der Waals surface area contributed by atoms with Gasteiger partial charge in [0, 0.05) is 23.8 Å². The van der Waals surface area contributed by atoms with Crippen molar-refractivity contribution in [3.63, 3.8) is 0 Å². The molecule has 2 nitrogen and oxygen atoms in total. The summed E-state index contributed by atoms with van der Waals surface area (Å²) in [5.74, 6) is 1.68. The zero-order chi connectivity index (χ0) is 15.1. The molecule has 0 radical (unpaired) electrons. The average Bonchev–Trinajstić information content (AvgIpc) is 3.04. The van der Waals surface area contributed by atoms with E-state index in [-0.39, 0.29) is 0 Å². The van der Waals surface area contributed by atoms with Crippen LogP contribution in [0.5, 0.6) is 0 Å². The lowest BCUT2D eigenvalue weighted by molar-refractivity contribution is -0.138. The quantitative estimate of drug-likeness (QED) is 0.577. The minimum Gasteiger partial charge on any atom is -0.339 e. The van der Waals surface area contributed by atoms with Crippen molar-refractivity contribution in [3.8, 4) is 0 Å². The van der Waals surface area contributed by atoms with E-state index in [1.54, 1.807) is 0 Å². The van der Waals surface area contributed by atoms with Crippen molar-refractivity contribution in [2.75, 3.05) is 11.9 Å². The number of hydrogen-bond acceptors (Lipinski definition) is 1. The average molecular weight is 358 g/mol. The molecule has 0 aromatic rings. The van der Waals surface area contributed by atoms with E-state index in [1.807, 2.05) is 0 Å². The Balaban J connectivity index is 1.83. The van der Waals surface area contributed by atoms with E-state index >= 15 is 0 Å². The van der Waals surface area contributed by atoms with E-state index in [9.17, 15) is 4.79 Å². The normalized spacial score (nSPS) is 27.0. The maximum Gasteiger partial charge on any atom is 0.225 e. The van der Waals surface area contributed by atoms with Gasteiger partial charge in [0.05, 0.1) is 0 Å². The summed E-state index contributed by atoms with van der Waals surface area (Å²) in [6.45, 7) is 3.17. The number of carbonyl (C=O) groups excluding carboxylic acids is 1. The van der Waals surface area contributed by atoms with Crippen molar-refractivity contribution in [2.24, 2.45) is 11.8 Å². The fourth-order valence-electron chi connectivity index (χ4n) is 4.21. The van der Waals surface area contributed by atoms with Crippen molar-refractivity contribution in [1.82, 2.24) is 4.90 Å². The summed E-state index contributed by atoms with van der Waals surface area (Å²) in [6.07, 6.45) is 14.0. The van der Waals surface area contributed by atoms with Crippen LogP contribution < -0.4 is 0 Å². The number of amides is 1. The van der Waals surface area contributed by atoms with Crippen molar-refractivity contribution < 1.29 is 4.79 Å². The highest BCUT2D eigenvalue weighted by Crippen LogP contribution is 2.34. The van der Waals surface area contributed by atoms with Crippen LogP contribution >= 0.6 is 15.9 Å². The first-order valence-corrected chi connectivity index (χ1v) is 10.2. The number of carbonyl (C=O) groups is 1. The number of alkyl halides is 1. The fraction of sp³-hybridized carbons (Fsp3) is 0.944. The summed E-state index contributed by atoms with van der Waals surface area (Å²) in [6, 6.07) is 0.535. The first-order valence-electron chi connectivity index (χ1n) is 9.12. The predicted octanol–water partition coefficient (Wildman–Crippen LogP) is 5.15. The van der Waals surface area contributed by atoms with Gasteiger partial charge in [-0.25, -0.2) is 0 Å². The fourth-order valence-corrected chi connectivity index (χ4v) is 4.59. The predicted molar refractivity (Wildman–Crippen MR) is 92.7 cm³/mol. The van der Waals surface area contributed by atoms with Crippen molar-refractivity contribution in [2.45, 2.75) is 83.6 Å². The first-order chi connectivity index (χ1) is 10.3. The Kier molecular flexibility index (Phi) is 7.56. The van der Waals surface area contributed by atoms with Gasteiger partial charge in [0.1, 0.15) is 0 Å². The van der Waals surface area contributed by atoms with Crippen LogP contribution in [0.1, 0.15) is 77.6 Å². The van der Waals surface area contributed by atoms with Gasteiger partial charge < -0.3 is 4.90 Å². The molecule has 3 heteroatoms. The third-order valence-electron chi connectivity index (χ3n) is 5.54. The Bertz CT molecular complexity index is 306. The van der Waals surface area contributed by atoms with Crippen LogP contribution in [0, 0.1) is 11.8 Å². The van der Waals surface area contributed by atoms with Crippen LogP contribution in [0.2, 0.25) is 0 Å². The number of hydrogen-bond donors (Lipinski definition) is 0. The number of halogens is 1. The molecule has 0 aliphatic heterocycles. The molecule has 2 aliphatic rings. The second-order valence-corrected chi connectivity index (χ2v) is 7.81. The largest absolute Gasteiger partial charge is 0.339 e. The Hall–Kier alpha value is -0.0500. The molecule has 122 valence electrons. The lowest BCUT2D eigenvalue weighted by Crippen LogP contribution is -2.44. The van der Waals surface area contributed by atoms with E-state index in [2.05, 4.69) is 27.8 Å². The standard InChI is InChI=1S/C18H32BrNO/c1-2-3-6-15-9-11-16(12-10-15)18(21)20(14-13-19)17-7-4-5-8-17/h15-17H,2-14H2,1H3. The second-order valence-electron chi connectivity index (χ2n) is 7.02. The summed E-state index contributed by atoms with van der Waals surface area (Å²) in [5.41, 5.74) is 0. The molecule has 0 atom stereocenters. The minimum absolute atomic E-state index is 0.322. The molecule has 0 bridgehead atoms. The molecule has 0 unspecified atom stereocenters. The van der Waals surface area contributed by atoms with Crippen LogP contribution in [0.15, 0.2) is 0 Å². The van der Waals surface area contributed by atoms with Gasteiger partial charge in [-0.2, -0.15) is 0 Å². The van der Waals surface area contributed by atoms with E-state index in [4.69, 9.17) is 0 Å². The number of unbranched alkanes of at least 4 members (excludes halogenated alkanes) is 1. The monoisotopic (exact) mass is 357 g/mol. The van der Waals surface area contributed by atoms with Gasteiger partial charge in [-0.05, 0) is 44.4 Å². The Labute approximate surface area is 139 Å². The zero-order valence-corrected chi connectivity index (χ0v) is 15.2. The van der Waals surface area contributed by atoms with Crippen LogP contribution in [0.4, 0.5) is 0 Å². The zero-order valence-electron chi connectivity index (χ0n) is 13.7. The molecular weight excluding hydrogens is 326 g/mol. The van der Waals surface area contributed by atoms with Crippen LogP contribution in [0.25, 0.3) is 0 Å². The molecule has 2 saturated carbocycles. The smallest absolute Gasteiger partial charge is 0.225 e. The van der Waals surface area contributed by atoms with E-state index < -0.39 is 0 Å². The topological polar surface area (TPSA) is 20.3 Å². The summed E-state index contributed by atoms with van der Waals surface area (Å²) in [5, 5.41) is 0.918. The molecular formula is C18H32BrNO. The molecule has 1 amide bonds. The highest BCUT2D eigenvalue weighted by atomic mass is 79.9. The van der Waals surface area contributed by atoms with Crippen LogP contribution in [-0.2, 0) is 4.79 Å². The summed E-state index contributed by atoms with van der Waals surface area (Å²) >= 11 is 3.53. The van der Waals surface area contributed by atoms with E-state index in [0.717, 1.165) is 30.6 Å². The third-order valence-corrected chi connectivity index (χ3v) is 5.89. The maximum absolute atomic E-state index is 12.9. The molecule has 0 N–H and O–H groups in total. The highest BCUT2D eigenvalue weighted by Gasteiger charge is 2.33. The Morgan fingerprint density at radius 2 is 1.76 bits per heavy atom. The molecule has 21 heavy (non-hydrogen) atoms. The highest BCUT2D eigenvalue weighted by molar-refractivity contribution is 9.09. The Morgan fingerprint density at radius 1 is 1.10 bits per heavy atom. The molecule has 0 aromatic carbocycles. The van der Waals surface area contributed by atoms with Crippen molar-refractivity contribution >= 4 is 21.8 Å². The summed E-state index contributed by atoms with van der Waals surface area (Å²) in [4.78, 5) is 15.1. The van der Waals surface area contributed by atoms with Gasteiger partial charge >= 0.3 is 0 Å². The van der Waals surface area contributed by atoms with Gasteiger partial charge in [0.2, 0.25) is 5.91 Å². The van der Waals surface area contributed by atoms with Gasteiger partial charge in [-0.15, -0.1) is 0 Å². The van der Waals surface area contributed by atoms with Gasteiger partial charge in [0.25, 0.3) is 0 Å².